The Morgan fingerprint density at radius 1 is 1.20 bits per heavy atom. The van der Waals surface area contributed by atoms with Crippen LogP contribution in [-0.2, 0) is 19.7 Å². The third kappa shape index (κ3) is 5.27. The molecule has 0 aliphatic heterocycles. The first-order valence-electron chi connectivity index (χ1n) is 4.76. The van der Waals surface area contributed by atoms with Crippen molar-refractivity contribution in [3.8, 4) is 0 Å². The maximum atomic E-state index is 11.3. The van der Waals surface area contributed by atoms with E-state index in [1.165, 1.54) is 0 Å². The number of carboxylic acids is 2. The molecule has 2 unspecified atom stereocenters. The summed E-state index contributed by atoms with van der Waals surface area (Å²) < 4.78 is 28.5. The number of hydrogen-bond acceptors (Lipinski definition) is 6. The summed E-state index contributed by atoms with van der Waals surface area (Å²) in [6, 6.07) is 0. The monoisotopic (exact) mass is 322 g/mol. The Balaban J connectivity index is -0.00000144. The van der Waals surface area contributed by atoms with Crippen molar-refractivity contribution in [2.24, 2.45) is 5.92 Å². The van der Waals surface area contributed by atoms with Crippen molar-refractivity contribution in [1.29, 1.82) is 0 Å². The number of hydrogen-bond donors (Lipinski definition) is 1. The average molecular weight is 322 g/mol. The molecule has 10 heteroatoms. The quantitative estimate of drug-likeness (QED) is 0.266. The second-order valence-electron chi connectivity index (χ2n) is 3.54. The van der Waals surface area contributed by atoms with E-state index in [9.17, 15) is 28.2 Å². The number of allylic oxidation sites excluding steroid dienone is 2. The van der Waals surface area contributed by atoms with Gasteiger partial charge >= 0.3 is 59.1 Å². The standard InChI is InChI=1S/C10H14O7S.2Na/c1-3-5-7(8(11)12)10(6-4-2,9(13)14)18(15,16)17;;/h3-4,7H,1-2,5-6H2,(H,11,12)(H,13,14)(H,15,16,17);;/q;2*+1/p-2. The molecule has 0 spiro atoms. The maximum absolute atomic E-state index is 11.3. The Morgan fingerprint density at radius 3 is 1.85 bits per heavy atom. The minimum Gasteiger partial charge on any atom is -0.550 e. The van der Waals surface area contributed by atoms with Gasteiger partial charge in [0.1, 0.15) is 4.75 Å². The normalized spacial score (nSPS) is 14.7. The van der Waals surface area contributed by atoms with Crippen molar-refractivity contribution in [1.82, 2.24) is 0 Å². The van der Waals surface area contributed by atoms with E-state index in [4.69, 9.17) is 4.55 Å². The molecule has 2 atom stereocenters. The number of carboxylic acid groups (broad SMARTS) is 2. The SMILES string of the molecule is C=CCC(C(=O)[O-])C(CC=C)(C(=O)[O-])S(=O)(=O)O.[Na+].[Na+]. The van der Waals surface area contributed by atoms with Gasteiger partial charge in [-0.05, 0) is 12.8 Å². The van der Waals surface area contributed by atoms with E-state index >= 15 is 0 Å². The van der Waals surface area contributed by atoms with Gasteiger partial charge in [-0.3, -0.25) is 4.55 Å². The molecule has 0 aromatic carbocycles. The molecular weight excluding hydrogens is 310 g/mol. The predicted molar refractivity (Wildman–Crippen MR) is 57.4 cm³/mol. The van der Waals surface area contributed by atoms with Gasteiger partial charge in [0.2, 0.25) is 0 Å². The van der Waals surface area contributed by atoms with Gasteiger partial charge in [0, 0.05) is 11.9 Å². The number of rotatable bonds is 8. The van der Waals surface area contributed by atoms with Crippen LogP contribution in [0.15, 0.2) is 25.3 Å². The molecule has 0 amide bonds. The second kappa shape index (κ2) is 10.1. The molecule has 7 nitrogen and oxygen atoms in total. The zero-order chi connectivity index (χ0) is 14.6. The average Bonchev–Trinajstić information content (AvgIpc) is 2.20. The number of carbonyl (C=O) groups is 2. The second-order valence-corrected chi connectivity index (χ2v) is 5.22. The van der Waals surface area contributed by atoms with Gasteiger partial charge < -0.3 is 19.8 Å². The van der Waals surface area contributed by atoms with E-state index in [2.05, 4.69) is 13.2 Å². The summed E-state index contributed by atoms with van der Waals surface area (Å²) in [6.45, 7) is 6.33. The van der Waals surface area contributed by atoms with E-state index < -0.39 is 45.6 Å². The van der Waals surface area contributed by atoms with Crippen LogP contribution in [0.2, 0.25) is 0 Å². The van der Waals surface area contributed by atoms with Crippen molar-refractivity contribution in [2.75, 3.05) is 0 Å². The summed E-state index contributed by atoms with van der Waals surface area (Å²) in [6.07, 6.45) is 0.514. The molecule has 0 aliphatic rings. The summed E-state index contributed by atoms with van der Waals surface area (Å²) in [5, 5.41) is 22.0. The Labute approximate surface area is 161 Å². The van der Waals surface area contributed by atoms with Crippen LogP contribution in [0.3, 0.4) is 0 Å². The third-order valence-electron chi connectivity index (χ3n) is 2.50. The first-order chi connectivity index (χ1) is 8.15. The van der Waals surface area contributed by atoms with Crippen LogP contribution in [0.4, 0.5) is 0 Å². The van der Waals surface area contributed by atoms with Crippen molar-refractivity contribution in [2.45, 2.75) is 17.6 Å². The van der Waals surface area contributed by atoms with Crippen LogP contribution in [0.5, 0.6) is 0 Å². The molecule has 0 radical (unpaired) electrons. The molecule has 0 heterocycles. The van der Waals surface area contributed by atoms with E-state index in [1.807, 2.05) is 0 Å². The van der Waals surface area contributed by atoms with Gasteiger partial charge in [0.25, 0.3) is 10.1 Å². The molecule has 0 rings (SSSR count). The van der Waals surface area contributed by atoms with Gasteiger partial charge in [0.15, 0.2) is 0 Å². The smallest absolute Gasteiger partial charge is 0.550 e. The minimum atomic E-state index is -5.26. The molecule has 20 heavy (non-hydrogen) atoms. The summed E-state index contributed by atoms with van der Waals surface area (Å²) in [5.74, 6) is -6.22. The number of aliphatic carboxylic acids is 2. The maximum Gasteiger partial charge on any atom is 1.00 e. The Bertz CT molecular complexity index is 474. The van der Waals surface area contributed by atoms with Crippen LogP contribution in [0.1, 0.15) is 12.8 Å². The third-order valence-corrected chi connectivity index (χ3v) is 4.04. The van der Waals surface area contributed by atoms with Crippen molar-refractivity contribution >= 4 is 22.1 Å². The van der Waals surface area contributed by atoms with E-state index in [0.717, 1.165) is 12.2 Å². The summed E-state index contributed by atoms with van der Waals surface area (Å²) in [5.41, 5.74) is 0. The van der Waals surface area contributed by atoms with Crippen LogP contribution in [-0.4, -0.2) is 29.7 Å². The van der Waals surface area contributed by atoms with E-state index in [0.29, 0.717) is 0 Å². The Hall–Kier alpha value is 0.330. The molecule has 0 saturated carbocycles. The van der Waals surface area contributed by atoms with Crippen molar-refractivity contribution < 1.29 is 91.9 Å². The van der Waals surface area contributed by atoms with Gasteiger partial charge in [-0.2, -0.15) is 8.42 Å². The number of carbonyl (C=O) groups excluding carboxylic acids is 2. The van der Waals surface area contributed by atoms with Crippen LogP contribution < -0.4 is 69.3 Å². The summed E-state index contributed by atoms with van der Waals surface area (Å²) >= 11 is 0. The molecule has 0 fully saturated rings. The largest absolute Gasteiger partial charge is 1.00 e. The first-order valence-corrected chi connectivity index (χ1v) is 6.20. The molecule has 0 aromatic heterocycles. The van der Waals surface area contributed by atoms with Crippen molar-refractivity contribution in [3.05, 3.63) is 25.3 Å². The van der Waals surface area contributed by atoms with E-state index in [-0.39, 0.29) is 59.1 Å². The Kier molecular flexibility index (Phi) is 12.8. The fraction of sp³-hybridized carbons (Fsp3) is 0.400. The molecule has 0 aliphatic carbocycles. The molecule has 1 N–H and O–H groups in total. The summed E-state index contributed by atoms with van der Waals surface area (Å²) in [4.78, 5) is 22.0. The van der Waals surface area contributed by atoms with Crippen LogP contribution in [0, 0.1) is 5.92 Å². The topological polar surface area (TPSA) is 135 Å². The first kappa shape index (κ1) is 25.3. The molecule has 0 saturated heterocycles. The van der Waals surface area contributed by atoms with E-state index in [1.54, 1.807) is 0 Å². The fourth-order valence-electron chi connectivity index (χ4n) is 1.62. The van der Waals surface area contributed by atoms with Gasteiger partial charge in [-0.15, -0.1) is 13.2 Å². The summed E-state index contributed by atoms with van der Waals surface area (Å²) in [7, 11) is -5.26. The van der Waals surface area contributed by atoms with Gasteiger partial charge in [-0.1, -0.05) is 12.2 Å². The zero-order valence-electron chi connectivity index (χ0n) is 11.4. The van der Waals surface area contributed by atoms with Gasteiger partial charge in [-0.25, -0.2) is 0 Å². The van der Waals surface area contributed by atoms with Crippen molar-refractivity contribution in [3.63, 3.8) is 0 Å². The fourth-order valence-corrected chi connectivity index (χ4v) is 2.71. The van der Waals surface area contributed by atoms with Crippen LogP contribution >= 0.6 is 0 Å². The molecule has 0 bridgehead atoms. The predicted octanol–water partition coefficient (Wildman–Crippen LogP) is -8.11. The minimum absolute atomic E-state index is 0. The van der Waals surface area contributed by atoms with Gasteiger partial charge in [0.05, 0.1) is 5.97 Å². The molecular formula is C10H12Na2O7S. The molecule has 102 valence electrons. The van der Waals surface area contributed by atoms with Crippen LogP contribution in [0.25, 0.3) is 0 Å². The molecule has 0 aromatic rings. The Morgan fingerprint density at radius 2 is 1.65 bits per heavy atom. The zero-order valence-corrected chi connectivity index (χ0v) is 16.2.